The average molecular weight is 428 g/mol. The van der Waals surface area contributed by atoms with Gasteiger partial charge < -0.3 is 9.80 Å². The van der Waals surface area contributed by atoms with Crippen LogP contribution in [0.15, 0.2) is 16.9 Å². The third-order valence-electron chi connectivity index (χ3n) is 5.00. The Morgan fingerprint density at radius 2 is 1.86 bits per heavy atom. The highest BCUT2D eigenvalue weighted by Gasteiger charge is 2.36. The Bertz CT molecular complexity index is 1060. The van der Waals surface area contributed by atoms with Gasteiger partial charge in [-0.15, -0.1) is 0 Å². The van der Waals surface area contributed by atoms with E-state index in [-0.39, 0.29) is 21.7 Å². The number of nitrogens with zero attached hydrogens (tertiary/aromatic N) is 4. The molecule has 2 aromatic rings. The van der Waals surface area contributed by atoms with Gasteiger partial charge in [0.15, 0.2) is 5.13 Å². The molecule has 0 unspecified atom stereocenters. The number of hydrogen-bond acceptors (Lipinski definition) is 7. The van der Waals surface area contributed by atoms with Crippen molar-refractivity contribution < 1.29 is 22.9 Å². The zero-order valence-electron chi connectivity index (χ0n) is 14.9. The zero-order chi connectivity index (χ0) is 20.9. The number of aromatic nitrogens is 1. The number of carbonyl (C=O) groups excluding carboxylic acids is 1. The van der Waals surface area contributed by atoms with Gasteiger partial charge in [-0.05, 0) is 18.9 Å². The molecule has 0 atom stereocenters. The summed E-state index contributed by atoms with van der Waals surface area (Å²) in [4.78, 5) is 42.3. The summed E-state index contributed by atoms with van der Waals surface area (Å²) in [6.45, 7) is 1.65. The molecule has 2 aliphatic rings. The Labute approximate surface area is 165 Å². The Hall–Kier alpha value is -2.76. The molecule has 2 fully saturated rings. The summed E-state index contributed by atoms with van der Waals surface area (Å²) in [7, 11) is 0. The summed E-state index contributed by atoms with van der Waals surface area (Å²) in [6.07, 6.45) is -3.02. The van der Waals surface area contributed by atoms with Crippen molar-refractivity contribution in [1.29, 1.82) is 0 Å². The Morgan fingerprint density at radius 3 is 2.41 bits per heavy atom. The highest BCUT2D eigenvalue weighted by molar-refractivity contribution is 7.22. The summed E-state index contributed by atoms with van der Waals surface area (Å²) in [5.74, 6) is 0.210. The van der Waals surface area contributed by atoms with Crippen LogP contribution in [0.4, 0.5) is 24.0 Å². The number of benzene rings is 1. The van der Waals surface area contributed by atoms with E-state index in [0.717, 1.165) is 24.2 Å². The van der Waals surface area contributed by atoms with Gasteiger partial charge in [0.1, 0.15) is 4.70 Å². The molecule has 0 radical (unpaired) electrons. The maximum atomic E-state index is 13.0. The fourth-order valence-corrected chi connectivity index (χ4v) is 4.40. The number of amides is 1. The molecular formula is C17H15F3N4O4S. The molecule has 0 bridgehead atoms. The number of halogens is 3. The second kappa shape index (κ2) is 6.94. The molecule has 2 heterocycles. The first kappa shape index (κ1) is 19.6. The van der Waals surface area contributed by atoms with Crippen molar-refractivity contribution >= 4 is 38.1 Å². The lowest BCUT2D eigenvalue weighted by molar-refractivity contribution is -0.383. The lowest BCUT2D eigenvalue weighted by Crippen LogP contribution is -2.49. The number of nitro benzene ring substituents is 1. The zero-order valence-corrected chi connectivity index (χ0v) is 15.8. The highest BCUT2D eigenvalue weighted by atomic mass is 32.1. The number of piperazine rings is 1. The summed E-state index contributed by atoms with van der Waals surface area (Å²) < 4.78 is 39.0. The van der Waals surface area contributed by atoms with E-state index in [9.17, 15) is 32.9 Å². The second-order valence-corrected chi connectivity index (χ2v) is 7.99. The van der Waals surface area contributed by atoms with Gasteiger partial charge in [0, 0.05) is 38.2 Å². The van der Waals surface area contributed by atoms with Crippen molar-refractivity contribution in [1.82, 2.24) is 9.88 Å². The molecule has 1 amide bonds. The smallest absolute Gasteiger partial charge is 0.344 e. The normalized spacial score (nSPS) is 17.6. The first-order valence-corrected chi connectivity index (χ1v) is 9.71. The van der Waals surface area contributed by atoms with E-state index >= 15 is 0 Å². The summed E-state index contributed by atoms with van der Waals surface area (Å²) >= 11 is 0.812. The van der Waals surface area contributed by atoms with Crippen molar-refractivity contribution in [2.75, 3.05) is 31.1 Å². The molecule has 4 rings (SSSR count). The number of alkyl halides is 3. The number of rotatable bonds is 3. The van der Waals surface area contributed by atoms with E-state index in [1.165, 1.54) is 0 Å². The first-order chi connectivity index (χ1) is 13.6. The first-order valence-electron chi connectivity index (χ1n) is 8.89. The standard InChI is InChI=1S/C17H15F3N4O4S/c18-17(19,20)10-7-11-13(12(8-10)24(27)28)29-16(21-14(11)25)23-5-3-22(4-6-23)15(26)9-1-2-9/h7-9H,1-6H2. The van der Waals surface area contributed by atoms with Crippen LogP contribution in [0.3, 0.4) is 0 Å². The SMILES string of the molecule is O=C(C1CC1)N1CCN(c2nc(=O)c3cc(C(F)(F)F)cc([N+](=O)[O-])c3s2)CC1. The minimum atomic E-state index is -4.82. The average Bonchev–Trinajstić information content (AvgIpc) is 3.51. The van der Waals surface area contributed by atoms with Crippen LogP contribution in [0, 0.1) is 16.0 Å². The third kappa shape index (κ3) is 3.76. The molecule has 12 heteroatoms. The van der Waals surface area contributed by atoms with Gasteiger partial charge in [-0.3, -0.25) is 19.7 Å². The van der Waals surface area contributed by atoms with Gasteiger partial charge in [-0.2, -0.15) is 18.2 Å². The van der Waals surface area contributed by atoms with E-state index in [2.05, 4.69) is 4.98 Å². The van der Waals surface area contributed by atoms with Crippen LogP contribution in [0.25, 0.3) is 10.1 Å². The van der Waals surface area contributed by atoms with E-state index in [0.29, 0.717) is 38.3 Å². The third-order valence-corrected chi connectivity index (χ3v) is 6.17. The van der Waals surface area contributed by atoms with E-state index in [4.69, 9.17) is 0 Å². The van der Waals surface area contributed by atoms with E-state index in [1.54, 1.807) is 9.80 Å². The molecule has 1 aromatic heterocycles. The number of anilines is 1. The monoisotopic (exact) mass is 428 g/mol. The van der Waals surface area contributed by atoms with Crippen molar-refractivity contribution in [3.05, 3.63) is 38.2 Å². The van der Waals surface area contributed by atoms with E-state index in [1.807, 2.05) is 0 Å². The molecular weight excluding hydrogens is 413 g/mol. The van der Waals surface area contributed by atoms with Gasteiger partial charge in [-0.25, -0.2) is 0 Å². The molecule has 1 aliphatic carbocycles. The maximum absolute atomic E-state index is 13.0. The van der Waals surface area contributed by atoms with Crippen molar-refractivity contribution in [2.24, 2.45) is 5.92 Å². The van der Waals surface area contributed by atoms with Gasteiger partial charge in [0.2, 0.25) is 5.91 Å². The van der Waals surface area contributed by atoms with Crippen LogP contribution in [-0.4, -0.2) is 46.9 Å². The molecule has 1 saturated heterocycles. The fourth-order valence-electron chi connectivity index (χ4n) is 3.28. The fraction of sp³-hybridized carbons (Fsp3) is 0.471. The molecule has 1 saturated carbocycles. The quantitative estimate of drug-likeness (QED) is 0.551. The van der Waals surface area contributed by atoms with Crippen LogP contribution in [0.1, 0.15) is 18.4 Å². The summed E-state index contributed by atoms with van der Waals surface area (Å²) in [5.41, 5.74) is -2.98. The number of fused-ring (bicyclic) bond motifs is 1. The Balaban J connectivity index is 1.68. The molecule has 29 heavy (non-hydrogen) atoms. The van der Waals surface area contributed by atoms with Gasteiger partial charge in [-0.1, -0.05) is 11.3 Å². The van der Waals surface area contributed by atoms with Crippen molar-refractivity contribution in [2.45, 2.75) is 19.0 Å². The van der Waals surface area contributed by atoms with Gasteiger partial charge in [0.25, 0.3) is 11.2 Å². The number of nitro groups is 1. The van der Waals surface area contributed by atoms with Crippen molar-refractivity contribution in [3.63, 3.8) is 0 Å². The van der Waals surface area contributed by atoms with Gasteiger partial charge in [0.05, 0.1) is 15.9 Å². The summed E-state index contributed by atoms with van der Waals surface area (Å²) in [6, 6.07) is 1.04. The van der Waals surface area contributed by atoms with Crippen LogP contribution in [-0.2, 0) is 11.0 Å². The molecule has 0 spiro atoms. The van der Waals surface area contributed by atoms with Crippen LogP contribution >= 0.6 is 11.3 Å². The van der Waals surface area contributed by atoms with E-state index < -0.39 is 33.3 Å². The second-order valence-electron chi connectivity index (χ2n) is 7.02. The molecule has 8 nitrogen and oxygen atoms in total. The molecule has 1 aromatic carbocycles. The number of hydrogen-bond donors (Lipinski definition) is 0. The van der Waals surface area contributed by atoms with Crippen LogP contribution in [0.5, 0.6) is 0 Å². The predicted molar refractivity (Wildman–Crippen MR) is 99.1 cm³/mol. The lowest BCUT2D eigenvalue weighted by Gasteiger charge is -2.35. The maximum Gasteiger partial charge on any atom is 0.416 e. The minimum absolute atomic E-state index is 0.0990. The Morgan fingerprint density at radius 1 is 1.21 bits per heavy atom. The van der Waals surface area contributed by atoms with Crippen molar-refractivity contribution in [3.8, 4) is 0 Å². The predicted octanol–water partition coefficient (Wildman–Crippen LogP) is 2.64. The molecule has 0 N–H and O–H groups in total. The number of non-ortho nitro benzene ring substituents is 1. The highest BCUT2D eigenvalue weighted by Crippen LogP contribution is 2.38. The Kier molecular flexibility index (Phi) is 4.68. The number of carbonyl (C=O) groups is 1. The van der Waals surface area contributed by atoms with Crippen LogP contribution in [0.2, 0.25) is 0 Å². The molecule has 1 aliphatic heterocycles. The van der Waals surface area contributed by atoms with Gasteiger partial charge >= 0.3 is 6.18 Å². The lowest BCUT2D eigenvalue weighted by atomic mass is 10.1. The summed E-state index contributed by atoms with van der Waals surface area (Å²) in [5, 5.41) is 11.1. The minimum Gasteiger partial charge on any atom is -0.344 e. The molecule has 154 valence electrons. The largest absolute Gasteiger partial charge is 0.416 e. The van der Waals surface area contributed by atoms with Crippen LogP contribution < -0.4 is 10.5 Å². The topological polar surface area (TPSA) is 96.7 Å².